The molecule has 1 heterocycles. The Morgan fingerprint density at radius 3 is 2.75 bits per heavy atom. The number of ether oxygens (including phenoxy) is 1. The number of aromatic nitrogens is 2. The molecular weight excluding hydrogens is 345 g/mol. The van der Waals surface area contributed by atoms with Crippen LogP contribution in [-0.2, 0) is 12.3 Å². The van der Waals surface area contributed by atoms with Crippen LogP contribution < -0.4 is 10.1 Å². The van der Waals surface area contributed by atoms with E-state index in [1.807, 2.05) is 18.2 Å². The first-order valence-corrected chi connectivity index (χ1v) is 9.11. The van der Waals surface area contributed by atoms with E-state index < -0.39 is 0 Å². The Morgan fingerprint density at radius 2 is 1.96 bits per heavy atom. The fraction of sp³-hybridized carbons (Fsp3) is 0.176. The normalized spacial score (nSPS) is 10.6. The van der Waals surface area contributed by atoms with Crippen molar-refractivity contribution in [2.75, 3.05) is 12.4 Å². The summed E-state index contributed by atoms with van der Waals surface area (Å²) in [6.45, 7) is 0.593. The fourth-order valence-corrected chi connectivity index (χ4v) is 3.72. The summed E-state index contributed by atoms with van der Waals surface area (Å²) < 4.78 is 19.0. The summed E-state index contributed by atoms with van der Waals surface area (Å²) in [5, 5.41) is 12.3. The highest BCUT2D eigenvalue weighted by molar-refractivity contribution is 8.00. The van der Waals surface area contributed by atoms with Gasteiger partial charge in [0.15, 0.2) is 4.34 Å². The van der Waals surface area contributed by atoms with Crippen LogP contribution >= 0.6 is 23.1 Å². The third-order valence-corrected chi connectivity index (χ3v) is 5.35. The van der Waals surface area contributed by atoms with E-state index in [1.54, 1.807) is 31.0 Å². The van der Waals surface area contributed by atoms with Gasteiger partial charge in [-0.15, -0.1) is 10.2 Å². The first-order valence-electron chi connectivity index (χ1n) is 7.30. The summed E-state index contributed by atoms with van der Waals surface area (Å²) >= 11 is 3.15. The van der Waals surface area contributed by atoms with Crippen molar-refractivity contribution in [2.45, 2.75) is 16.6 Å². The van der Waals surface area contributed by atoms with Crippen LogP contribution in [0.3, 0.4) is 0 Å². The van der Waals surface area contributed by atoms with E-state index in [9.17, 15) is 4.39 Å². The van der Waals surface area contributed by atoms with E-state index in [0.29, 0.717) is 6.54 Å². The Hall–Kier alpha value is -2.12. The van der Waals surface area contributed by atoms with Gasteiger partial charge < -0.3 is 10.1 Å². The lowest BCUT2D eigenvalue weighted by Gasteiger charge is -2.02. The second-order valence-electron chi connectivity index (χ2n) is 4.99. The molecule has 0 amide bonds. The van der Waals surface area contributed by atoms with Gasteiger partial charge in [0.1, 0.15) is 11.6 Å². The molecule has 0 bridgehead atoms. The van der Waals surface area contributed by atoms with Crippen LogP contribution in [0.25, 0.3) is 0 Å². The number of rotatable bonds is 7. The molecule has 0 fully saturated rings. The lowest BCUT2D eigenvalue weighted by atomic mass is 10.2. The standard InChI is InChI=1S/C17H16FN3OS2/c1-22-15-4-2-3-13(9-15)11-23-17-21-20-16(24-17)19-10-12-5-7-14(18)8-6-12/h2-9H,10-11H2,1H3,(H,19,20). The molecule has 24 heavy (non-hydrogen) atoms. The third-order valence-electron chi connectivity index (χ3n) is 3.26. The lowest BCUT2D eigenvalue weighted by molar-refractivity contribution is 0.414. The van der Waals surface area contributed by atoms with E-state index in [2.05, 4.69) is 21.6 Å². The van der Waals surface area contributed by atoms with Gasteiger partial charge in [0.2, 0.25) is 5.13 Å². The number of halogens is 1. The molecule has 0 aliphatic rings. The molecule has 1 N–H and O–H groups in total. The predicted molar refractivity (Wildman–Crippen MR) is 96.2 cm³/mol. The maximum Gasteiger partial charge on any atom is 0.206 e. The molecule has 4 nitrogen and oxygen atoms in total. The van der Waals surface area contributed by atoms with Crippen molar-refractivity contribution in [3.8, 4) is 5.75 Å². The quantitative estimate of drug-likeness (QED) is 0.624. The highest BCUT2D eigenvalue weighted by atomic mass is 32.2. The molecule has 3 rings (SSSR count). The van der Waals surface area contributed by atoms with Crippen molar-refractivity contribution in [3.63, 3.8) is 0 Å². The zero-order chi connectivity index (χ0) is 16.8. The highest BCUT2D eigenvalue weighted by Gasteiger charge is 2.06. The van der Waals surface area contributed by atoms with Gasteiger partial charge in [0, 0.05) is 12.3 Å². The second kappa shape index (κ2) is 8.12. The number of nitrogens with one attached hydrogen (secondary N) is 1. The minimum Gasteiger partial charge on any atom is -0.497 e. The maximum absolute atomic E-state index is 12.9. The van der Waals surface area contributed by atoms with Crippen molar-refractivity contribution < 1.29 is 9.13 Å². The van der Waals surface area contributed by atoms with Crippen molar-refractivity contribution >= 4 is 28.2 Å². The topological polar surface area (TPSA) is 47.0 Å². The van der Waals surface area contributed by atoms with Gasteiger partial charge in [0.25, 0.3) is 0 Å². The first-order chi connectivity index (χ1) is 11.7. The number of benzene rings is 2. The fourth-order valence-electron chi connectivity index (χ4n) is 2.03. The molecule has 0 atom stereocenters. The second-order valence-corrected chi connectivity index (χ2v) is 7.19. The maximum atomic E-state index is 12.9. The van der Waals surface area contributed by atoms with Gasteiger partial charge in [-0.2, -0.15) is 0 Å². The molecule has 0 spiro atoms. The Labute approximate surface area is 148 Å². The van der Waals surface area contributed by atoms with Crippen LogP contribution in [0.2, 0.25) is 0 Å². The van der Waals surface area contributed by atoms with Crippen molar-refractivity contribution in [2.24, 2.45) is 0 Å². The van der Waals surface area contributed by atoms with Crippen LogP contribution in [0.5, 0.6) is 5.75 Å². The third kappa shape index (κ3) is 4.69. The Morgan fingerprint density at radius 1 is 1.12 bits per heavy atom. The first kappa shape index (κ1) is 16.7. The molecule has 2 aromatic carbocycles. The van der Waals surface area contributed by atoms with Gasteiger partial charge in [0.05, 0.1) is 7.11 Å². The van der Waals surface area contributed by atoms with Gasteiger partial charge in [-0.3, -0.25) is 0 Å². The Kier molecular flexibility index (Phi) is 5.66. The van der Waals surface area contributed by atoms with E-state index in [-0.39, 0.29) is 5.82 Å². The monoisotopic (exact) mass is 361 g/mol. The number of thioether (sulfide) groups is 1. The van der Waals surface area contributed by atoms with Crippen LogP contribution in [-0.4, -0.2) is 17.3 Å². The molecule has 124 valence electrons. The molecule has 0 aliphatic heterocycles. The van der Waals surface area contributed by atoms with Crippen LogP contribution in [0, 0.1) is 5.82 Å². The van der Waals surface area contributed by atoms with Gasteiger partial charge >= 0.3 is 0 Å². The number of anilines is 1. The van der Waals surface area contributed by atoms with Crippen LogP contribution in [0.4, 0.5) is 9.52 Å². The summed E-state index contributed by atoms with van der Waals surface area (Å²) in [6, 6.07) is 14.4. The predicted octanol–water partition coefficient (Wildman–Crippen LogP) is 4.59. The molecular formula is C17H16FN3OS2. The summed E-state index contributed by atoms with van der Waals surface area (Å²) in [5.41, 5.74) is 2.17. The largest absolute Gasteiger partial charge is 0.497 e. The molecule has 0 saturated carbocycles. The molecule has 0 saturated heterocycles. The van der Waals surface area contributed by atoms with Gasteiger partial charge in [-0.25, -0.2) is 4.39 Å². The van der Waals surface area contributed by atoms with Crippen LogP contribution in [0.15, 0.2) is 52.9 Å². The summed E-state index contributed by atoms with van der Waals surface area (Å²) in [4.78, 5) is 0. The van der Waals surface area contributed by atoms with E-state index in [0.717, 1.165) is 26.5 Å². The smallest absolute Gasteiger partial charge is 0.206 e. The van der Waals surface area contributed by atoms with E-state index in [4.69, 9.17) is 4.74 Å². The molecule has 1 aromatic heterocycles. The van der Waals surface area contributed by atoms with E-state index in [1.165, 1.54) is 29.0 Å². The van der Waals surface area contributed by atoms with Gasteiger partial charge in [-0.1, -0.05) is 47.4 Å². The average Bonchev–Trinajstić information content (AvgIpc) is 3.08. The highest BCUT2D eigenvalue weighted by Crippen LogP contribution is 2.29. The van der Waals surface area contributed by atoms with Crippen LogP contribution in [0.1, 0.15) is 11.1 Å². The summed E-state index contributed by atoms with van der Waals surface area (Å²) in [7, 11) is 1.66. The van der Waals surface area contributed by atoms with E-state index >= 15 is 0 Å². The average molecular weight is 361 g/mol. The van der Waals surface area contributed by atoms with Crippen molar-refractivity contribution in [3.05, 3.63) is 65.5 Å². The molecule has 0 unspecified atom stereocenters. The lowest BCUT2D eigenvalue weighted by Crippen LogP contribution is -1.98. The molecule has 3 aromatic rings. The zero-order valence-electron chi connectivity index (χ0n) is 13.0. The SMILES string of the molecule is COc1cccc(CSc2nnc(NCc3ccc(F)cc3)s2)c1. The minimum absolute atomic E-state index is 0.231. The molecule has 0 aliphatic carbocycles. The molecule has 0 radical (unpaired) electrons. The summed E-state index contributed by atoms with van der Waals surface area (Å²) in [5.74, 6) is 1.43. The minimum atomic E-state index is -0.231. The number of nitrogens with zero attached hydrogens (tertiary/aromatic N) is 2. The number of hydrogen-bond acceptors (Lipinski definition) is 6. The van der Waals surface area contributed by atoms with Crippen molar-refractivity contribution in [1.29, 1.82) is 0 Å². The summed E-state index contributed by atoms with van der Waals surface area (Å²) in [6.07, 6.45) is 0. The Balaban J connectivity index is 1.52. The Bertz CT molecular complexity index is 793. The zero-order valence-corrected chi connectivity index (χ0v) is 14.7. The van der Waals surface area contributed by atoms with Crippen molar-refractivity contribution in [1.82, 2.24) is 10.2 Å². The number of hydrogen-bond donors (Lipinski definition) is 1. The number of methoxy groups -OCH3 is 1. The van der Waals surface area contributed by atoms with Gasteiger partial charge in [-0.05, 0) is 35.4 Å². The molecule has 7 heteroatoms.